The Labute approximate surface area is 176 Å². The van der Waals surface area contributed by atoms with Crippen LogP contribution in [0.1, 0.15) is 25.8 Å². The zero-order valence-corrected chi connectivity index (χ0v) is 17.2. The Hall–Kier alpha value is -2.94. The molecule has 0 aromatic heterocycles. The lowest BCUT2D eigenvalue weighted by molar-refractivity contribution is -0.271. The average Bonchev–Trinajstić information content (AvgIpc) is 2.67. The van der Waals surface area contributed by atoms with Gasteiger partial charge >= 0.3 is 6.18 Å². The first-order chi connectivity index (χ1) is 14.4. The van der Waals surface area contributed by atoms with E-state index in [2.05, 4.69) is 4.98 Å². The Morgan fingerprint density at radius 1 is 1.16 bits per heavy atom. The number of hydrogen-bond acceptors (Lipinski definition) is 4. The number of alkyl halides is 3. The Balaban J connectivity index is 2.02. The number of benzene rings is 1. The summed E-state index contributed by atoms with van der Waals surface area (Å²) in [6, 6.07) is 6.21. The van der Waals surface area contributed by atoms with Crippen molar-refractivity contribution in [3.63, 3.8) is 0 Å². The first-order valence-corrected chi connectivity index (χ1v) is 9.44. The molecule has 0 radical (unpaired) electrons. The van der Waals surface area contributed by atoms with E-state index in [9.17, 15) is 27.5 Å². The van der Waals surface area contributed by atoms with Gasteiger partial charge in [-0.3, -0.25) is 9.78 Å². The van der Waals surface area contributed by atoms with Crippen LogP contribution in [0.25, 0.3) is 11.3 Å². The highest BCUT2D eigenvalue weighted by atomic mass is 19.4. The smallest absolute Gasteiger partial charge is 0.418 e. The molecule has 0 bridgehead atoms. The number of nitrogens with zero attached hydrogens (tertiary/aromatic N) is 2. The predicted molar refractivity (Wildman–Crippen MR) is 107 cm³/mol. The number of aliphatic hydroxyl groups is 1. The molecule has 2 aliphatic heterocycles. The van der Waals surface area contributed by atoms with Gasteiger partial charge in [-0.15, -0.1) is 0 Å². The van der Waals surface area contributed by atoms with Crippen LogP contribution < -0.4 is 10.2 Å². The third-order valence-electron chi connectivity index (χ3n) is 5.30. The highest BCUT2D eigenvalue weighted by Gasteiger charge is 2.56. The van der Waals surface area contributed by atoms with Crippen LogP contribution in [0, 0.1) is 5.82 Å². The van der Waals surface area contributed by atoms with Crippen LogP contribution in [0.3, 0.4) is 0 Å². The molecule has 0 amide bonds. The quantitative estimate of drug-likeness (QED) is 0.587. The molecular formula is C22H22F4N2O3. The molecule has 0 aliphatic carbocycles. The molecule has 0 saturated carbocycles. The topological polar surface area (TPSA) is 64.3 Å². The minimum absolute atomic E-state index is 0.139. The molecule has 1 aromatic carbocycles. The van der Waals surface area contributed by atoms with Crippen molar-refractivity contribution in [2.24, 2.45) is 0 Å². The largest absolute Gasteiger partial charge is 0.496 e. The third kappa shape index (κ3) is 4.56. The molecule has 2 aliphatic rings. The maximum absolute atomic E-state index is 14.0. The Bertz CT molecular complexity index is 1110. The first kappa shape index (κ1) is 22.7. The van der Waals surface area contributed by atoms with Gasteiger partial charge in [0.1, 0.15) is 11.6 Å². The summed E-state index contributed by atoms with van der Waals surface area (Å²) >= 11 is 0. The standard InChI is InChI=1S/C22H22F4N2O3/c1-20(2,16-10-14(23)4-5-19(16)31-3)12-21(30,22(24,25)26)13-28-9-7-17-15(11-28)18(29)6-8-27-17/h4-11,30H,12-13H2,1-3H3. The molecule has 1 N–H and O–H groups in total. The number of hydrogen-bond donors (Lipinski definition) is 1. The predicted octanol–water partition coefficient (Wildman–Crippen LogP) is 4.16. The maximum atomic E-state index is 14.0. The van der Waals surface area contributed by atoms with Crippen LogP contribution in [0.15, 0.2) is 53.7 Å². The van der Waals surface area contributed by atoms with E-state index in [1.54, 1.807) is 0 Å². The molecule has 1 atom stereocenters. The highest BCUT2D eigenvalue weighted by Crippen LogP contribution is 2.44. The molecule has 1 aromatic rings. The molecule has 3 rings (SSSR count). The second-order valence-corrected chi connectivity index (χ2v) is 8.16. The Morgan fingerprint density at radius 2 is 1.87 bits per heavy atom. The van der Waals surface area contributed by atoms with E-state index in [1.165, 1.54) is 57.7 Å². The molecule has 5 nitrogen and oxygen atoms in total. The van der Waals surface area contributed by atoms with Crippen molar-refractivity contribution >= 4 is 0 Å². The van der Waals surface area contributed by atoms with Gasteiger partial charge < -0.3 is 14.4 Å². The molecule has 0 fully saturated rings. The number of ether oxygens (including phenoxy) is 1. The van der Waals surface area contributed by atoms with Crippen LogP contribution in [0.5, 0.6) is 5.75 Å². The van der Waals surface area contributed by atoms with Crippen molar-refractivity contribution in [2.75, 3.05) is 7.11 Å². The van der Waals surface area contributed by atoms with Crippen LogP contribution in [-0.2, 0) is 12.0 Å². The second-order valence-electron chi connectivity index (χ2n) is 8.16. The van der Waals surface area contributed by atoms with Gasteiger partial charge in [0, 0.05) is 30.2 Å². The number of aromatic nitrogens is 2. The molecule has 9 heteroatoms. The van der Waals surface area contributed by atoms with Gasteiger partial charge in [0.25, 0.3) is 0 Å². The van der Waals surface area contributed by atoms with Gasteiger partial charge in [-0.25, -0.2) is 4.39 Å². The zero-order valence-electron chi connectivity index (χ0n) is 17.2. The fourth-order valence-electron chi connectivity index (χ4n) is 3.79. The van der Waals surface area contributed by atoms with E-state index >= 15 is 0 Å². The SMILES string of the molecule is COc1ccc(F)cc1C(C)(C)CC(O)(Cn1ccc2nccc(=O)c-2c1)C(F)(F)F. The summed E-state index contributed by atoms with van der Waals surface area (Å²) < 4.78 is 62.3. The van der Waals surface area contributed by atoms with Crippen molar-refractivity contribution in [3.8, 4) is 17.0 Å². The number of pyridine rings is 2. The van der Waals surface area contributed by atoms with Crippen LogP contribution in [-0.4, -0.2) is 33.5 Å². The van der Waals surface area contributed by atoms with E-state index < -0.39 is 36.0 Å². The molecule has 31 heavy (non-hydrogen) atoms. The summed E-state index contributed by atoms with van der Waals surface area (Å²) in [5.74, 6) is -0.407. The van der Waals surface area contributed by atoms with Crippen molar-refractivity contribution in [1.29, 1.82) is 0 Å². The van der Waals surface area contributed by atoms with Gasteiger partial charge in [0.15, 0.2) is 11.0 Å². The minimum atomic E-state index is -5.00. The lowest BCUT2D eigenvalue weighted by Crippen LogP contribution is -2.52. The highest BCUT2D eigenvalue weighted by molar-refractivity contribution is 5.58. The molecule has 1 unspecified atom stereocenters. The van der Waals surface area contributed by atoms with Crippen molar-refractivity contribution in [3.05, 3.63) is 70.5 Å². The van der Waals surface area contributed by atoms with E-state index in [0.29, 0.717) is 5.69 Å². The van der Waals surface area contributed by atoms with Gasteiger partial charge in [0.05, 0.1) is 24.9 Å². The maximum Gasteiger partial charge on any atom is 0.418 e. The van der Waals surface area contributed by atoms with Crippen LogP contribution in [0.2, 0.25) is 0 Å². The van der Waals surface area contributed by atoms with Gasteiger partial charge in [-0.2, -0.15) is 13.2 Å². The lowest BCUT2D eigenvalue weighted by atomic mass is 9.74. The Kier molecular flexibility index (Phi) is 5.84. The van der Waals surface area contributed by atoms with E-state index in [1.807, 2.05) is 0 Å². The van der Waals surface area contributed by atoms with Gasteiger partial charge in [-0.1, -0.05) is 13.8 Å². The number of halogens is 4. The molecule has 2 heterocycles. The molecule has 166 valence electrons. The molecule has 0 saturated heterocycles. The summed E-state index contributed by atoms with van der Waals surface area (Å²) in [4.78, 5) is 16.0. The molecule has 0 spiro atoms. The summed E-state index contributed by atoms with van der Waals surface area (Å²) in [6.45, 7) is 2.10. The zero-order chi connectivity index (χ0) is 23.0. The van der Waals surface area contributed by atoms with Gasteiger partial charge in [0.2, 0.25) is 0 Å². The average molecular weight is 438 g/mol. The lowest BCUT2D eigenvalue weighted by Gasteiger charge is -2.38. The van der Waals surface area contributed by atoms with Crippen molar-refractivity contribution in [2.45, 2.75) is 44.0 Å². The summed E-state index contributed by atoms with van der Waals surface area (Å²) in [7, 11) is 1.34. The first-order valence-electron chi connectivity index (χ1n) is 9.44. The van der Waals surface area contributed by atoms with E-state index in [0.717, 1.165) is 16.7 Å². The van der Waals surface area contributed by atoms with Crippen LogP contribution in [0.4, 0.5) is 17.6 Å². The summed E-state index contributed by atoms with van der Waals surface area (Å²) in [6.07, 6.45) is -1.90. The van der Waals surface area contributed by atoms with Gasteiger partial charge in [-0.05, 0) is 36.1 Å². The second kappa shape index (κ2) is 7.96. The van der Waals surface area contributed by atoms with E-state index in [4.69, 9.17) is 4.74 Å². The van der Waals surface area contributed by atoms with E-state index in [-0.39, 0.29) is 22.3 Å². The number of fused-ring (bicyclic) bond motifs is 1. The minimum Gasteiger partial charge on any atom is -0.496 e. The fourth-order valence-corrected chi connectivity index (χ4v) is 3.79. The summed E-state index contributed by atoms with van der Waals surface area (Å²) in [5.41, 5.74) is -4.19. The fraction of sp³-hybridized carbons (Fsp3) is 0.364. The van der Waals surface area contributed by atoms with Crippen molar-refractivity contribution in [1.82, 2.24) is 9.55 Å². The number of rotatable bonds is 6. The molecular weight excluding hydrogens is 416 g/mol. The van der Waals surface area contributed by atoms with Crippen LogP contribution >= 0.6 is 0 Å². The normalized spacial score (nSPS) is 14.5. The van der Waals surface area contributed by atoms with Crippen molar-refractivity contribution < 1.29 is 27.4 Å². The monoisotopic (exact) mass is 438 g/mol. The Morgan fingerprint density at radius 3 is 2.52 bits per heavy atom. The number of methoxy groups -OCH3 is 1. The third-order valence-corrected chi connectivity index (χ3v) is 5.30. The summed E-state index contributed by atoms with van der Waals surface area (Å²) in [5, 5.41) is 10.8.